The van der Waals surface area contributed by atoms with Crippen molar-refractivity contribution in [3.05, 3.63) is 78.1 Å². The molecule has 0 saturated carbocycles. The minimum absolute atomic E-state index is 0.0166. The van der Waals surface area contributed by atoms with Crippen molar-refractivity contribution in [1.29, 1.82) is 0 Å². The van der Waals surface area contributed by atoms with Crippen molar-refractivity contribution in [3.8, 4) is 0 Å². The van der Waals surface area contributed by atoms with Gasteiger partial charge in [-0.15, -0.1) is 0 Å². The molecule has 0 spiro atoms. The van der Waals surface area contributed by atoms with Crippen LogP contribution in [0.3, 0.4) is 0 Å². The molecule has 1 amide bonds. The molecular weight excluding hydrogens is 366 g/mol. The number of carbonyl (C=O) groups is 1. The number of carbonyl (C=O) groups excluding carboxylic acids is 1. The van der Waals surface area contributed by atoms with Gasteiger partial charge in [-0.3, -0.25) is 4.79 Å². The Morgan fingerprint density at radius 3 is 2.71 bits per heavy atom. The van der Waals surface area contributed by atoms with Crippen LogP contribution in [-0.2, 0) is 11.2 Å². The molecule has 2 N–H and O–H groups in total. The molecular formula is C23H23N3OS. The Balaban J connectivity index is 1.55. The van der Waals surface area contributed by atoms with E-state index < -0.39 is 0 Å². The van der Waals surface area contributed by atoms with Gasteiger partial charge < -0.3 is 10.3 Å². The van der Waals surface area contributed by atoms with E-state index in [2.05, 4.69) is 34.8 Å². The fraction of sp³-hybridized carbons (Fsp3) is 0.217. The fourth-order valence-electron chi connectivity index (χ4n) is 3.52. The Labute approximate surface area is 168 Å². The predicted octanol–water partition coefficient (Wildman–Crippen LogP) is 4.87. The Bertz CT molecular complexity index is 1070. The van der Waals surface area contributed by atoms with Gasteiger partial charge >= 0.3 is 0 Å². The Morgan fingerprint density at radius 2 is 1.86 bits per heavy atom. The van der Waals surface area contributed by atoms with Crippen LogP contribution >= 0.6 is 11.8 Å². The summed E-state index contributed by atoms with van der Waals surface area (Å²) in [6.07, 6.45) is 3.27. The number of benzene rings is 3. The first-order valence-electron chi connectivity index (χ1n) is 9.44. The molecule has 0 aliphatic rings. The molecule has 4 rings (SSSR count). The maximum Gasteiger partial charge on any atom is 0.225 e. The highest BCUT2D eigenvalue weighted by atomic mass is 32.2. The topological polar surface area (TPSA) is 57.8 Å². The summed E-state index contributed by atoms with van der Waals surface area (Å²) in [5.74, 6) is 1.79. The van der Waals surface area contributed by atoms with E-state index in [4.69, 9.17) is 4.98 Å². The quantitative estimate of drug-likeness (QED) is 0.474. The maximum absolute atomic E-state index is 12.9. The van der Waals surface area contributed by atoms with Crippen LogP contribution in [0.1, 0.15) is 23.9 Å². The lowest BCUT2D eigenvalue weighted by molar-refractivity contribution is -0.121. The number of aromatic nitrogens is 2. The van der Waals surface area contributed by atoms with E-state index in [-0.39, 0.29) is 11.9 Å². The van der Waals surface area contributed by atoms with Crippen LogP contribution in [0.2, 0.25) is 0 Å². The Morgan fingerprint density at radius 1 is 1.07 bits per heavy atom. The van der Waals surface area contributed by atoms with Crippen LogP contribution in [0.5, 0.6) is 0 Å². The Kier molecular flexibility index (Phi) is 5.63. The van der Waals surface area contributed by atoms with E-state index in [0.29, 0.717) is 6.42 Å². The zero-order valence-corrected chi connectivity index (χ0v) is 16.6. The van der Waals surface area contributed by atoms with Crippen molar-refractivity contribution in [3.63, 3.8) is 0 Å². The molecule has 3 aromatic carbocycles. The van der Waals surface area contributed by atoms with Gasteiger partial charge in [0.1, 0.15) is 5.82 Å². The van der Waals surface area contributed by atoms with Gasteiger partial charge in [0.2, 0.25) is 5.91 Å². The van der Waals surface area contributed by atoms with Crippen molar-refractivity contribution in [2.75, 3.05) is 12.0 Å². The molecule has 5 heteroatoms. The number of hydrogen-bond donors (Lipinski definition) is 2. The summed E-state index contributed by atoms with van der Waals surface area (Å²) in [5, 5.41) is 5.48. The van der Waals surface area contributed by atoms with Crippen LogP contribution in [0.15, 0.2) is 66.7 Å². The highest BCUT2D eigenvalue weighted by Gasteiger charge is 2.18. The lowest BCUT2D eigenvalue weighted by Gasteiger charge is -2.17. The van der Waals surface area contributed by atoms with Crippen LogP contribution in [0.25, 0.3) is 21.8 Å². The number of amides is 1. The standard InChI is InChI=1S/C23H23N3OS/c1-28-14-13-21(23-25-19-11-4-5-12-20(19)26-23)24-22(27)15-17-9-6-8-16-7-2-3-10-18(16)17/h2-12,21H,13-15H2,1H3,(H,24,27)(H,25,26). The zero-order valence-electron chi connectivity index (χ0n) is 15.8. The summed E-state index contributed by atoms with van der Waals surface area (Å²) >= 11 is 1.77. The zero-order chi connectivity index (χ0) is 19.3. The molecule has 0 aliphatic carbocycles. The van der Waals surface area contributed by atoms with Gasteiger partial charge in [-0.1, -0.05) is 54.6 Å². The summed E-state index contributed by atoms with van der Waals surface area (Å²) in [6.45, 7) is 0. The van der Waals surface area contributed by atoms with Crippen LogP contribution in [0, 0.1) is 0 Å². The SMILES string of the molecule is CSCCC(NC(=O)Cc1cccc2ccccc12)c1nc2ccccc2[nH]1. The van der Waals surface area contributed by atoms with Gasteiger partial charge in [0.15, 0.2) is 0 Å². The second kappa shape index (κ2) is 8.48. The van der Waals surface area contributed by atoms with Gasteiger partial charge in [0, 0.05) is 0 Å². The molecule has 1 atom stereocenters. The van der Waals surface area contributed by atoms with Gasteiger partial charge in [-0.05, 0) is 46.9 Å². The van der Waals surface area contributed by atoms with E-state index in [1.54, 1.807) is 11.8 Å². The molecule has 1 heterocycles. The number of nitrogens with one attached hydrogen (secondary N) is 2. The first-order chi connectivity index (χ1) is 13.7. The van der Waals surface area contributed by atoms with Gasteiger partial charge in [-0.2, -0.15) is 11.8 Å². The van der Waals surface area contributed by atoms with E-state index in [1.807, 2.05) is 48.5 Å². The summed E-state index contributed by atoms with van der Waals surface area (Å²) in [7, 11) is 0. The third-order valence-electron chi connectivity index (χ3n) is 4.91. The third-order valence-corrected chi connectivity index (χ3v) is 5.56. The van der Waals surface area contributed by atoms with Crippen LogP contribution in [0.4, 0.5) is 0 Å². The molecule has 4 nitrogen and oxygen atoms in total. The summed E-state index contributed by atoms with van der Waals surface area (Å²) < 4.78 is 0. The number of hydrogen-bond acceptors (Lipinski definition) is 3. The number of nitrogens with zero attached hydrogens (tertiary/aromatic N) is 1. The maximum atomic E-state index is 12.9. The third kappa shape index (κ3) is 4.04. The van der Waals surface area contributed by atoms with Gasteiger partial charge in [0.05, 0.1) is 23.5 Å². The lowest BCUT2D eigenvalue weighted by atomic mass is 10.0. The van der Waals surface area contributed by atoms with E-state index in [9.17, 15) is 4.79 Å². The summed E-state index contributed by atoms with van der Waals surface area (Å²) in [5.41, 5.74) is 2.97. The van der Waals surface area contributed by atoms with Gasteiger partial charge in [0.25, 0.3) is 0 Å². The monoisotopic (exact) mass is 389 g/mol. The first kappa shape index (κ1) is 18.6. The molecule has 1 unspecified atom stereocenters. The second-order valence-electron chi connectivity index (χ2n) is 6.86. The average Bonchev–Trinajstić information content (AvgIpc) is 3.15. The van der Waals surface area contributed by atoms with Gasteiger partial charge in [-0.25, -0.2) is 4.98 Å². The number of rotatable bonds is 7. The second-order valence-corrected chi connectivity index (χ2v) is 7.84. The molecule has 4 aromatic rings. The number of thioether (sulfide) groups is 1. The summed E-state index contributed by atoms with van der Waals surface area (Å²) in [6, 6.07) is 22.1. The average molecular weight is 390 g/mol. The normalized spacial score (nSPS) is 12.3. The van der Waals surface area contributed by atoms with Crippen molar-refractivity contribution < 1.29 is 4.79 Å². The number of imidazole rings is 1. The van der Waals surface area contributed by atoms with Crippen LogP contribution in [-0.4, -0.2) is 27.9 Å². The molecule has 0 aliphatic heterocycles. The molecule has 28 heavy (non-hydrogen) atoms. The molecule has 0 bridgehead atoms. The minimum atomic E-state index is -0.123. The number of aromatic amines is 1. The summed E-state index contributed by atoms with van der Waals surface area (Å²) in [4.78, 5) is 20.9. The number of H-pyrrole nitrogens is 1. The molecule has 142 valence electrons. The smallest absolute Gasteiger partial charge is 0.225 e. The Hall–Kier alpha value is -2.79. The first-order valence-corrected chi connectivity index (χ1v) is 10.8. The highest BCUT2D eigenvalue weighted by Crippen LogP contribution is 2.22. The van der Waals surface area contributed by atoms with Crippen LogP contribution < -0.4 is 5.32 Å². The van der Waals surface area contributed by atoms with Crippen molar-refractivity contribution >= 4 is 39.5 Å². The van der Waals surface area contributed by atoms with E-state index in [0.717, 1.165) is 45.4 Å². The van der Waals surface area contributed by atoms with Crippen molar-refractivity contribution in [1.82, 2.24) is 15.3 Å². The highest BCUT2D eigenvalue weighted by molar-refractivity contribution is 7.98. The lowest BCUT2D eigenvalue weighted by Crippen LogP contribution is -2.31. The van der Waals surface area contributed by atoms with E-state index in [1.165, 1.54) is 0 Å². The number of fused-ring (bicyclic) bond motifs is 2. The number of para-hydroxylation sites is 2. The van der Waals surface area contributed by atoms with E-state index >= 15 is 0 Å². The van der Waals surface area contributed by atoms with Crippen molar-refractivity contribution in [2.24, 2.45) is 0 Å². The fourth-order valence-corrected chi connectivity index (χ4v) is 3.99. The molecule has 0 radical (unpaired) electrons. The minimum Gasteiger partial charge on any atom is -0.346 e. The largest absolute Gasteiger partial charge is 0.346 e. The molecule has 1 aromatic heterocycles. The van der Waals surface area contributed by atoms with Crippen molar-refractivity contribution in [2.45, 2.75) is 18.9 Å². The predicted molar refractivity (Wildman–Crippen MR) is 118 cm³/mol. The molecule has 0 fully saturated rings. The molecule has 0 saturated heterocycles.